The summed E-state index contributed by atoms with van der Waals surface area (Å²) in [6.07, 6.45) is 2.73. The van der Waals surface area contributed by atoms with Crippen LogP contribution in [0.15, 0.2) is 30.5 Å². The van der Waals surface area contributed by atoms with Gasteiger partial charge < -0.3 is 5.73 Å². The van der Waals surface area contributed by atoms with Gasteiger partial charge in [0.2, 0.25) is 0 Å². The predicted octanol–water partition coefficient (Wildman–Crippen LogP) is 1.73. The van der Waals surface area contributed by atoms with Gasteiger partial charge in [0, 0.05) is 18.8 Å². The van der Waals surface area contributed by atoms with Gasteiger partial charge in [-0.3, -0.25) is 4.68 Å². The van der Waals surface area contributed by atoms with Crippen LogP contribution < -0.4 is 5.73 Å². The number of benzene rings is 1. The zero-order valence-electron chi connectivity index (χ0n) is 9.15. The highest BCUT2D eigenvalue weighted by Gasteiger charge is 2.09. The lowest BCUT2D eigenvalue weighted by molar-refractivity contribution is 0.628. The number of aryl methyl sites for hydroxylation is 1. The van der Waals surface area contributed by atoms with Crippen LogP contribution in [-0.2, 0) is 13.5 Å². The van der Waals surface area contributed by atoms with Crippen molar-refractivity contribution in [2.75, 3.05) is 6.54 Å². The van der Waals surface area contributed by atoms with Gasteiger partial charge in [0.1, 0.15) is 5.82 Å². The van der Waals surface area contributed by atoms with Crippen LogP contribution >= 0.6 is 0 Å². The topological polar surface area (TPSA) is 43.8 Å². The maximum absolute atomic E-state index is 12.8. The second-order valence-corrected chi connectivity index (χ2v) is 3.72. The van der Waals surface area contributed by atoms with Gasteiger partial charge in [-0.25, -0.2) is 4.39 Å². The number of nitrogens with zero attached hydrogens (tertiary/aromatic N) is 2. The molecule has 1 aromatic carbocycles. The lowest BCUT2D eigenvalue weighted by Crippen LogP contribution is -2.02. The van der Waals surface area contributed by atoms with E-state index in [1.165, 1.54) is 12.1 Å². The standard InChI is InChI=1S/C12H14FN3/c1-16-8-10(6-7-14)12(15-16)9-2-4-11(13)5-3-9/h2-5,8H,6-7,14H2,1H3. The van der Waals surface area contributed by atoms with Gasteiger partial charge in [-0.05, 0) is 42.8 Å². The number of nitrogens with two attached hydrogens (primary N) is 1. The van der Waals surface area contributed by atoms with E-state index in [4.69, 9.17) is 5.73 Å². The van der Waals surface area contributed by atoms with Gasteiger partial charge in [0.25, 0.3) is 0 Å². The van der Waals surface area contributed by atoms with Crippen molar-refractivity contribution in [3.05, 3.63) is 41.8 Å². The van der Waals surface area contributed by atoms with E-state index >= 15 is 0 Å². The SMILES string of the molecule is Cn1cc(CCN)c(-c2ccc(F)cc2)n1. The van der Waals surface area contributed by atoms with Gasteiger partial charge >= 0.3 is 0 Å². The minimum atomic E-state index is -0.236. The molecule has 0 radical (unpaired) electrons. The highest BCUT2D eigenvalue weighted by atomic mass is 19.1. The maximum Gasteiger partial charge on any atom is 0.123 e. The molecule has 0 saturated heterocycles. The van der Waals surface area contributed by atoms with E-state index < -0.39 is 0 Å². The summed E-state index contributed by atoms with van der Waals surface area (Å²) in [4.78, 5) is 0. The number of rotatable bonds is 3. The molecule has 0 aliphatic carbocycles. The van der Waals surface area contributed by atoms with E-state index in [2.05, 4.69) is 5.10 Å². The summed E-state index contributed by atoms with van der Waals surface area (Å²) in [6, 6.07) is 6.35. The first kappa shape index (κ1) is 10.8. The van der Waals surface area contributed by atoms with Crippen LogP contribution in [0.5, 0.6) is 0 Å². The molecule has 0 amide bonds. The molecule has 2 aromatic rings. The smallest absolute Gasteiger partial charge is 0.123 e. The molecular formula is C12H14FN3. The van der Waals surface area contributed by atoms with E-state index in [0.717, 1.165) is 23.2 Å². The normalized spacial score (nSPS) is 10.7. The second kappa shape index (κ2) is 4.45. The lowest BCUT2D eigenvalue weighted by Gasteiger charge is -2.00. The summed E-state index contributed by atoms with van der Waals surface area (Å²) in [7, 11) is 1.87. The van der Waals surface area contributed by atoms with Crippen molar-refractivity contribution in [1.82, 2.24) is 9.78 Å². The first-order chi connectivity index (χ1) is 7.70. The molecule has 16 heavy (non-hydrogen) atoms. The summed E-state index contributed by atoms with van der Waals surface area (Å²) in [6.45, 7) is 0.583. The van der Waals surface area contributed by atoms with Gasteiger partial charge in [-0.15, -0.1) is 0 Å². The summed E-state index contributed by atoms with van der Waals surface area (Å²) in [5, 5.41) is 4.37. The Morgan fingerprint density at radius 2 is 2.00 bits per heavy atom. The molecule has 0 aliphatic rings. The van der Waals surface area contributed by atoms with Crippen molar-refractivity contribution in [1.29, 1.82) is 0 Å². The molecule has 0 bridgehead atoms. The van der Waals surface area contributed by atoms with Gasteiger partial charge in [-0.1, -0.05) is 0 Å². The van der Waals surface area contributed by atoms with Gasteiger partial charge in [0.15, 0.2) is 0 Å². The number of hydrogen-bond donors (Lipinski definition) is 1. The molecule has 0 saturated carbocycles. The highest BCUT2D eigenvalue weighted by molar-refractivity contribution is 5.62. The molecular weight excluding hydrogens is 205 g/mol. The second-order valence-electron chi connectivity index (χ2n) is 3.72. The summed E-state index contributed by atoms with van der Waals surface area (Å²) < 4.78 is 14.6. The molecule has 0 aliphatic heterocycles. The summed E-state index contributed by atoms with van der Waals surface area (Å²) >= 11 is 0. The Morgan fingerprint density at radius 3 is 2.62 bits per heavy atom. The summed E-state index contributed by atoms with van der Waals surface area (Å²) in [5.74, 6) is -0.236. The van der Waals surface area contributed by atoms with Crippen molar-refractivity contribution in [2.24, 2.45) is 12.8 Å². The third-order valence-corrected chi connectivity index (χ3v) is 2.44. The lowest BCUT2D eigenvalue weighted by atomic mass is 10.1. The Bertz CT molecular complexity index is 474. The van der Waals surface area contributed by atoms with Crippen molar-refractivity contribution in [2.45, 2.75) is 6.42 Å². The van der Waals surface area contributed by atoms with Crippen LogP contribution in [0.1, 0.15) is 5.56 Å². The minimum absolute atomic E-state index is 0.236. The average Bonchev–Trinajstić information content (AvgIpc) is 2.61. The molecule has 0 unspecified atom stereocenters. The van der Waals surface area contributed by atoms with Crippen molar-refractivity contribution in [3.8, 4) is 11.3 Å². The molecule has 1 aromatic heterocycles. The van der Waals surface area contributed by atoms with E-state index in [1.54, 1.807) is 16.8 Å². The molecule has 2 rings (SSSR count). The Kier molecular flexibility index (Phi) is 3.01. The van der Waals surface area contributed by atoms with E-state index in [9.17, 15) is 4.39 Å². The Labute approximate surface area is 93.7 Å². The zero-order valence-corrected chi connectivity index (χ0v) is 9.15. The average molecular weight is 219 g/mol. The van der Waals surface area contributed by atoms with E-state index in [1.807, 2.05) is 13.2 Å². The monoisotopic (exact) mass is 219 g/mol. The molecule has 0 atom stereocenters. The molecule has 2 N–H and O–H groups in total. The molecule has 0 fully saturated rings. The fourth-order valence-electron chi connectivity index (χ4n) is 1.73. The number of hydrogen-bond acceptors (Lipinski definition) is 2. The molecule has 1 heterocycles. The first-order valence-electron chi connectivity index (χ1n) is 5.19. The van der Waals surface area contributed by atoms with Crippen LogP contribution in [0, 0.1) is 5.82 Å². The van der Waals surface area contributed by atoms with Gasteiger partial charge in [-0.2, -0.15) is 5.10 Å². The van der Waals surface area contributed by atoms with Crippen LogP contribution in [0.3, 0.4) is 0 Å². The minimum Gasteiger partial charge on any atom is -0.330 e. The van der Waals surface area contributed by atoms with E-state index in [0.29, 0.717) is 6.54 Å². The van der Waals surface area contributed by atoms with Crippen molar-refractivity contribution < 1.29 is 4.39 Å². The predicted molar refractivity (Wildman–Crippen MR) is 61.4 cm³/mol. The number of aromatic nitrogens is 2. The molecule has 0 spiro atoms. The quantitative estimate of drug-likeness (QED) is 0.854. The Hall–Kier alpha value is -1.68. The van der Waals surface area contributed by atoms with E-state index in [-0.39, 0.29) is 5.82 Å². The maximum atomic E-state index is 12.8. The number of halogens is 1. The largest absolute Gasteiger partial charge is 0.330 e. The molecule has 3 nitrogen and oxygen atoms in total. The molecule has 84 valence electrons. The first-order valence-corrected chi connectivity index (χ1v) is 5.19. The third-order valence-electron chi connectivity index (χ3n) is 2.44. The Balaban J connectivity index is 2.42. The zero-order chi connectivity index (χ0) is 11.5. The fourth-order valence-corrected chi connectivity index (χ4v) is 1.73. The van der Waals surface area contributed by atoms with Crippen LogP contribution in [0.4, 0.5) is 4.39 Å². The summed E-state index contributed by atoms with van der Waals surface area (Å²) in [5.41, 5.74) is 8.44. The van der Waals surface area contributed by atoms with Crippen molar-refractivity contribution in [3.63, 3.8) is 0 Å². The van der Waals surface area contributed by atoms with Crippen LogP contribution in [-0.4, -0.2) is 16.3 Å². The third kappa shape index (κ3) is 2.12. The van der Waals surface area contributed by atoms with Gasteiger partial charge in [0.05, 0.1) is 5.69 Å². The van der Waals surface area contributed by atoms with Crippen molar-refractivity contribution >= 4 is 0 Å². The highest BCUT2D eigenvalue weighted by Crippen LogP contribution is 2.22. The Morgan fingerprint density at radius 1 is 1.31 bits per heavy atom. The molecule has 4 heteroatoms. The fraction of sp³-hybridized carbons (Fsp3) is 0.250. The van der Waals surface area contributed by atoms with Crippen LogP contribution in [0.25, 0.3) is 11.3 Å². The van der Waals surface area contributed by atoms with Crippen LogP contribution in [0.2, 0.25) is 0 Å².